The van der Waals surface area contributed by atoms with E-state index in [4.69, 9.17) is 10.5 Å². The van der Waals surface area contributed by atoms with Gasteiger partial charge in [0, 0.05) is 29.1 Å². The van der Waals surface area contributed by atoms with Crippen LogP contribution in [-0.4, -0.2) is 22.3 Å². The molecule has 78 valence electrons. The molecule has 1 aliphatic heterocycles. The molecule has 3 heterocycles. The third-order valence-electron chi connectivity index (χ3n) is 2.53. The van der Waals surface area contributed by atoms with Crippen molar-refractivity contribution in [1.29, 1.82) is 0 Å². The van der Waals surface area contributed by atoms with E-state index in [1.165, 1.54) is 0 Å². The quantitative estimate of drug-likeness (QED) is 0.772. The zero-order valence-electron chi connectivity index (χ0n) is 8.06. The molecule has 0 aliphatic carbocycles. The molecule has 1 fully saturated rings. The molecule has 0 aromatic carbocycles. The Morgan fingerprint density at radius 2 is 2.53 bits per heavy atom. The molecule has 1 atom stereocenters. The van der Waals surface area contributed by atoms with Crippen LogP contribution in [0.2, 0.25) is 0 Å². The van der Waals surface area contributed by atoms with Crippen molar-refractivity contribution >= 4 is 28.5 Å². The number of aromatic nitrogens is 2. The molecule has 0 bridgehead atoms. The van der Waals surface area contributed by atoms with Crippen molar-refractivity contribution in [1.82, 2.24) is 9.97 Å². The summed E-state index contributed by atoms with van der Waals surface area (Å²) in [6.07, 6.45) is 3.68. The maximum absolute atomic E-state index is 5.79. The van der Waals surface area contributed by atoms with Gasteiger partial charge < -0.3 is 15.5 Å². The van der Waals surface area contributed by atoms with Crippen LogP contribution in [0.1, 0.15) is 11.0 Å². The molecular weight excluding hydrogens is 210 g/mol. The summed E-state index contributed by atoms with van der Waals surface area (Å²) >= 11 is 1.80. The van der Waals surface area contributed by atoms with Gasteiger partial charge in [-0.25, -0.2) is 4.98 Å². The lowest BCUT2D eigenvalue weighted by molar-refractivity contribution is 0.145. The molecular formula is C10H11N3OS. The van der Waals surface area contributed by atoms with Crippen LogP contribution >= 0.6 is 11.8 Å². The summed E-state index contributed by atoms with van der Waals surface area (Å²) in [5.41, 5.74) is 8.02. The molecule has 1 saturated heterocycles. The van der Waals surface area contributed by atoms with Crippen molar-refractivity contribution in [3.05, 3.63) is 24.0 Å². The van der Waals surface area contributed by atoms with Crippen LogP contribution in [-0.2, 0) is 4.74 Å². The third-order valence-corrected chi connectivity index (χ3v) is 3.63. The second-order valence-electron chi connectivity index (χ2n) is 3.44. The van der Waals surface area contributed by atoms with Crippen LogP contribution in [0.5, 0.6) is 0 Å². The van der Waals surface area contributed by atoms with Crippen molar-refractivity contribution in [2.24, 2.45) is 0 Å². The predicted molar refractivity (Wildman–Crippen MR) is 61.7 cm³/mol. The molecule has 5 heteroatoms. The van der Waals surface area contributed by atoms with E-state index >= 15 is 0 Å². The van der Waals surface area contributed by atoms with Crippen molar-refractivity contribution in [2.75, 3.05) is 18.1 Å². The number of nitrogen functional groups attached to an aromatic ring is 1. The molecule has 1 aliphatic rings. The number of pyridine rings is 1. The van der Waals surface area contributed by atoms with Crippen LogP contribution in [0.3, 0.4) is 0 Å². The van der Waals surface area contributed by atoms with Crippen molar-refractivity contribution in [2.45, 2.75) is 5.44 Å². The van der Waals surface area contributed by atoms with E-state index in [2.05, 4.69) is 9.97 Å². The normalized spacial score (nSPS) is 21.2. The Morgan fingerprint density at radius 1 is 1.60 bits per heavy atom. The zero-order valence-corrected chi connectivity index (χ0v) is 8.88. The minimum Gasteiger partial charge on any atom is -0.383 e. The average Bonchev–Trinajstić information content (AvgIpc) is 2.88. The van der Waals surface area contributed by atoms with E-state index in [0.717, 1.165) is 28.8 Å². The van der Waals surface area contributed by atoms with E-state index < -0.39 is 0 Å². The topological polar surface area (TPSA) is 63.9 Å². The van der Waals surface area contributed by atoms with Crippen LogP contribution in [0, 0.1) is 0 Å². The largest absolute Gasteiger partial charge is 0.383 e. The lowest BCUT2D eigenvalue weighted by Crippen LogP contribution is -1.98. The summed E-state index contributed by atoms with van der Waals surface area (Å²) in [4.78, 5) is 7.38. The lowest BCUT2D eigenvalue weighted by Gasteiger charge is -2.10. The molecule has 3 rings (SSSR count). The Balaban J connectivity index is 2.17. The average molecular weight is 221 g/mol. The minimum absolute atomic E-state index is 0.0965. The summed E-state index contributed by atoms with van der Waals surface area (Å²) in [7, 11) is 0. The second-order valence-corrected chi connectivity index (χ2v) is 4.61. The Hall–Kier alpha value is -1.20. The van der Waals surface area contributed by atoms with Crippen LogP contribution in [0.15, 0.2) is 18.5 Å². The highest BCUT2D eigenvalue weighted by Gasteiger charge is 2.21. The zero-order chi connectivity index (χ0) is 10.3. The van der Waals surface area contributed by atoms with Gasteiger partial charge in [0.05, 0.1) is 12.1 Å². The summed E-state index contributed by atoms with van der Waals surface area (Å²) < 4.78 is 5.62. The van der Waals surface area contributed by atoms with E-state index in [1.54, 1.807) is 18.0 Å². The van der Waals surface area contributed by atoms with Crippen molar-refractivity contribution in [3.63, 3.8) is 0 Å². The number of H-pyrrole nitrogens is 1. The highest BCUT2D eigenvalue weighted by atomic mass is 32.2. The van der Waals surface area contributed by atoms with E-state index in [0.29, 0.717) is 5.82 Å². The van der Waals surface area contributed by atoms with Gasteiger partial charge >= 0.3 is 0 Å². The van der Waals surface area contributed by atoms with Gasteiger partial charge in [-0.1, -0.05) is 0 Å². The fourth-order valence-electron chi connectivity index (χ4n) is 1.81. The maximum Gasteiger partial charge on any atom is 0.132 e. The predicted octanol–water partition coefficient (Wildman–Crippen LogP) is 1.91. The van der Waals surface area contributed by atoms with Crippen LogP contribution in [0.25, 0.3) is 10.9 Å². The second kappa shape index (κ2) is 3.43. The highest BCUT2D eigenvalue weighted by molar-refractivity contribution is 7.99. The van der Waals surface area contributed by atoms with Gasteiger partial charge in [-0.3, -0.25) is 0 Å². The first-order valence-electron chi connectivity index (χ1n) is 4.81. The van der Waals surface area contributed by atoms with Gasteiger partial charge in [0.2, 0.25) is 0 Å². The number of nitrogens with one attached hydrogen (secondary N) is 1. The van der Waals surface area contributed by atoms with Gasteiger partial charge in [-0.05, 0) is 6.07 Å². The lowest BCUT2D eigenvalue weighted by atomic mass is 10.2. The molecule has 1 unspecified atom stereocenters. The fourth-order valence-corrected chi connectivity index (χ4v) is 2.77. The molecule has 0 saturated carbocycles. The monoisotopic (exact) mass is 221 g/mol. The smallest absolute Gasteiger partial charge is 0.132 e. The SMILES string of the molecule is Nc1ncc(C2OCCS2)c2[nH]ccc12. The maximum atomic E-state index is 5.79. The summed E-state index contributed by atoms with van der Waals surface area (Å²) in [6.45, 7) is 0.807. The number of ether oxygens (including phenoxy) is 1. The number of thioether (sulfide) groups is 1. The fraction of sp³-hybridized carbons (Fsp3) is 0.300. The Bertz CT molecular complexity index is 490. The van der Waals surface area contributed by atoms with Gasteiger partial charge in [0.15, 0.2) is 0 Å². The molecule has 4 nitrogen and oxygen atoms in total. The van der Waals surface area contributed by atoms with Gasteiger partial charge in [0.1, 0.15) is 11.3 Å². The number of aromatic amines is 1. The molecule has 3 N–H and O–H groups in total. The Morgan fingerprint density at radius 3 is 3.33 bits per heavy atom. The first-order valence-corrected chi connectivity index (χ1v) is 5.86. The summed E-state index contributed by atoms with van der Waals surface area (Å²) in [5.74, 6) is 1.61. The minimum atomic E-state index is 0.0965. The summed E-state index contributed by atoms with van der Waals surface area (Å²) in [6, 6.07) is 1.95. The first-order chi connectivity index (χ1) is 7.36. The Labute approximate surface area is 91.2 Å². The van der Waals surface area contributed by atoms with E-state index in [1.807, 2.05) is 12.3 Å². The molecule has 2 aromatic rings. The highest BCUT2D eigenvalue weighted by Crippen LogP contribution is 2.38. The first kappa shape index (κ1) is 9.06. The molecule has 0 amide bonds. The van der Waals surface area contributed by atoms with Gasteiger partial charge in [-0.2, -0.15) is 0 Å². The Kier molecular flexibility index (Phi) is 2.07. The standard InChI is InChI=1S/C10H11N3OS/c11-9-6-1-2-12-8(6)7(5-13-9)10-14-3-4-15-10/h1-2,5,10,12H,3-4H2,(H2,11,13). The van der Waals surface area contributed by atoms with Gasteiger partial charge in [-0.15, -0.1) is 11.8 Å². The third kappa shape index (κ3) is 1.39. The van der Waals surface area contributed by atoms with Crippen LogP contribution in [0.4, 0.5) is 5.82 Å². The van der Waals surface area contributed by atoms with Crippen molar-refractivity contribution in [3.8, 4) is 0 Å². The number of nitrogens with zero attached hydrogens (tertiary/aromatic N) is 1. The van der Waals surface area contributed by atoms with Gasteiger partial charge in [0.25, 0.3) is 0 Å². The molecule has 0 spiro atoms. The number of rotatable bonds is 1. The van der Waals surface area contributed by atoms with E-state index in [-0.39, 0.29) is 5.44 Å². The van der Waals surface area contributed by atoms with Crippen LogP contribution < -0.4 is 5.73 Å². The number of anilines is 1. The molecule has 0 radical (unpaired) electrons. The number of nitrogens with two attached hydrogens (primary N) is 1. The number of fused-ring (bicyclic) bond motifs is 1. The van der Waals surface area contributed by atoms with E-state index in [9.17, 15) is 0 Å². The summed E-state index contributed by atoms with van der Waals surface area (Å²) in [5, 5.41) is 0.976. The molecule has 15 heavy (non-hydrogen) atoms. The number of hydrogen-bond acceptors (Lipinski definition) is 4. The van der Waals surface area contributed by atoms with Crippen molar-refractivity contribution < 1.29 is 4.74 Å². The number of hydrogen-bond donors (Lipinski definition) is 2. The molecule has 2 aromatic heterocycles.